The van der Waals surface area contributed by atoms with Crippen molar-refractivity contribution in [3.8, 4) is 0 Å². The topological polar surface area (TPSA) is 90.6 Å². The maximum absolute atomic E-state index is 12.8. The molecule has 8 nitrogen and oxygen atoms in total. The van der Waals surface area contributed by atoms with Crippen molar-refractivity contribution in [3.05, 3.63) is 30.0 Å². The lowest BCUT2D eigenvalue weighted by Gasteiger charge is -2.34. The fraction of sp³-hybridized carbons (Fsp3) is 0.500. The molecular weight excluding hydrogens is 334 g/mol. The summed E-state index contributed by atoms with van der Waals surface area (Å²) in [6.07, 6.45) is 2.19. The van der Waals surface area contributed by atoms with Crippen molar-refractivity contribution in [2.24, 2.45) is 0 Å². The zero-order chi connectivity index (χ0) is 17.9. The number of amides is 3. The van der Waals surface area contributed by atoms with Gasteiger partial charge in [0.25, 0.3) is 5.91 Å². The summed E-state index contributed by atoms with van der Waals surface area (Å²) in [5.41, 5.74) is 1.29. The van der Waals surface area contributed by atoms with Crippen LogP contribution in [0.15, 0.2) is 24.3 Å². The first-order chi connectivity index (χ1) is 12.7. The van der Waals surface area contributed by atoms with Crippen LogP contribution in [0.4, 0.5) is 4.79 Å². The molecule has 2 aliphatic heterocycles. The van der Waals surface area contributed by atoms with Gasteiger partial charge < -0.3 is 19.9 Å². The lowest BCUT2D eigenvalue weighted by atomic mass is 10.2. The van der Waals surface area contributed by atoms with Gasteiger partial charge in [0.05, 0.1) is 11.6 Å². The minimum absolute atomic E-state index is 0.0854. The highest BCUT2D eigenvalue weighted by molar-refractivity contribution is 6.04. The first-order valence-electron chi connectivity index (χ1n) is 9.09. The van der Waals surface area contributed by atoms with Crippen molar-refractivity contribution in [2.75, 3.05) is 39.3 Å². The molecule has 2 aliphatic rings. The largest absolute Gasteiger partial charge is 0.376 e. The Morgan fingerprint density at radius 2 is 1.96 bits per heavy atom. The molecule has 2 fully saturated rings. The maximum atomic E-state index is 12.8. The molecule has 0 bridgehead atoms. The third kappa shape index (κ3) is 3.37. The molecule has 2 saturated heterocycles. The van der Waals surface area contributed by atoms with E-state index < -0.39 is 0 Å². The van der Waals surface area contributed by atoms with Gasteiger partial charge in [0.1, 0.15) is 0 Å². The van der Waals surface area contributed by atoms with E-state index >= 15 is 0 Å². The molecule has 0 radical (unpaired) electrons. The second-order valence-corrected chi connectivity index (χ2v) is 6.72. The molecular formula is C18H23N5O3. The van der Waals surface area contributed by atoms with Crippen LogP contribution in [0.25, 0.3) is 10.9 Å². The third-order valence-corrected chi connectivity index (χ3v) is 5.03. The summed E-state index contributed by atoms with van der Waals surface area (Å²) < 4.78 is 5.52. The Labute approximate surface area is 151 Å². The van der Waals surface area contributed by atoms with Gasteiger partial charge in [-0.1, -0.05) is 18.2 Å². The number of ether oxygens (including phenoxy) is 1. The molecule has 2 aromatic rings. The van der Waals surface area contributed by atoms with Crippen molar-refractivity contribution >= 4 is 22.8 Å². The summed E-state index contributed by atoms with van der Waals surface area (Å²) in [5, 5.41) is 10.8. The molecule has 2 N–H and O–H groups in total. The fourth-order valence-electron chi connectivity index (χ4n) is 3.51. The molecule has 0 spiro atoms. The van der Waals surface area contributed by atoms with Gasteiger partial charge in [0.2, 0.25) is 0 Å². The van der Waals surface area contributed by atoms with Crippen LogP contribution < -0.4 is 5.32 Å². The van der Waals surface area contributed by atoms with Crippen LogP contribution in [0, 0.1) is 0 Å². The summed E-state index contributed by atoms with van der Waals surface area (Å²) in [6.45, 7) is 3.39. The monoisotopic (exact) mass is 357 g/mol. The second-order valence-electron chi connectivity index (χ2n) is 6.72. The Hall–Kier alpha value is -2.61. The van der Waals surface area contributed by atoms with Crippen molar-refractivity contribution in [1.29, 1.82) is 0 Å². The van der Waals surface area contributed by atoms with Gasteiger partial charge in [-0.3, -0.25) is 9.89 Å². The van der Waals surface area contributed by atoms with Gasteiger partial charge in [-0.05, 0) is 18.9 Å². The minimum Gasteiger partial charge on any atom is -0.376 e. The molecule has 1 aromatic carbocycles. The number of hydrogen-bond acceptors (Lipinski definition) is 4. The summed E-state index contributed by atoms with van der Waals surface area (Å²) in [5.74, 6) is -0.0955. The standard InChI is InChI=1S/C18H23N5O3/c24-17(16-14-5-1-2-6-15(14)20-21-16)22-7-9-23(10-8-22)18(25)19-12-13-4-3-11-26-13/h1-2,5-6,13H,3-4,7-12H2,(H,19,25)(H,20,21). The number of rotatable bonds is 3. The first-order valence-corrected chi connectivity index (χ1v) is 9.09. The van der Waals surface area contributed by atoms with Crippen LogP contribution in [0.1, 0.15) is 23.3 Å². The Morgan fingerprint density at radius 3 is 2.73 bits per heavy atom. The summed E-state index contributed by atoms with van der Waals surface area (Å²) in [6, 6.07) is 7.50. The predicted octanol–water partition coefficient (Wildman–Crippen LogP) is 1.21. The van der Waals surface area contributed by atoms with Crippen molar-refractivity contribution in [3.63, 3.8) is 0 Å². The predicted molar refractivity (Wildman–Crippen MR) is 95.9 cm³/mol. The number of benzene rings is 1. The summed E-state index contributed by atoms with van der Waals surface area (Å²) in [4.78, 5) is 28.5. The van der Waals surface area contributed by atoms with E-state index in [1.807, 2.05) is 24.3 Å². The Kier molecular flexibility index (Phi) is 4.75. The Balaban J connectivity index is 1.31. The van der Waals surface area contributed by atoms with E-state index in [0.717, 1.165) is 30.4 Å². The molecule has 3 heterocycles. The van der Waals surface area contributed by atoms with Crippen molar-refractivity contribution < 1.29 is 14.3 Å². The normalized spacial score (nSPS) is 20.5. The maximum Gasteiger partial charge on any atom is 0.317 e. The highest BCUT2D eigenvalue weighted by atomic mass is 16.5. The second kappa shape index (κ2) is 7.33. The van der Waals surface area contributed by atoms with E-state index in [-0.39, 0.29) is 18.0 Å². The quantitative estimate of drug-likeness (QED) is 0.864. The molecule has 4 rings (SSSR count). The lowest BCUT2D eigenvalue weighted by molar-refractivity contribution is 0.0656. The number of hydrogen-bond donors (Lipinski definition) is 2. The van der Waals surface area contributed by atoms with Gasteiger partial charge in [-0.25, -0.2) is 4.79 Å². The number of aromatic nitrogens is 2. The molecule has 0 saturated carbocycles. The number of aromatic amines is 1. The van der Waals surface area contributed by atoms with Crippen molar-refractivity contribution in [1.82, 2.24) is 25.3 Å². The molecule has 8 heteroatoms. The average Bonchev–Trinajstić information content (AvgIpc) is 3.35. The van der Waals surface area contributed by atoms with E-state index in [0.29, 0.717) is 38.4 Å². The Morgan fingerprint density at radius 1 is 1.19 bits per heavy atom. The van der Waals surface area contributed by atoms with Gasteiger partial charge in [-0.15, -0.1) is 0 Å². The third-order valence-electron chi connectivity index (χ3n) is 5.03. The number of fused-ring (bicyclic) bond motifs is 1. The number of para-hydroxylation sites is 1. The van der Waals surface area contributed by atoms with E-state index in [2.05, 4.69) is 15.5 Å². The molecule has 3 amide bonds. The smallest absolute Gasteiger partial charge is 0.317 e. The van der Waals surface area contributed by atoms with Crippen LogP contribution in [0.5, 0.6) is 0 Å². The number of nitrogens with one attached hydrogen (secondary N) is 2. The zero-order valence-electron chi connectivity index (χ0n) is 14.6. The molecule has 138 valence electrons. The first kappa shape index (κ1) is 16.8. The SMILES string of the molecule is O=C(NCC1CCCO1)N1CCN(C(=O)c2n[nH]c3ccccc23)CC1. The van der Waals surface area contributed by atoms with E-state index in [1.165, 1.54) is 0 Å². The number of carbonyl (C=O) groups is 2. The highest BCUT2D eigenvalue weighted by Gasteiger charge is 2.27. The van der Waals surface area contributed by atoms with Gasteiger partial charge in [0, 0.05) is 44.7 Å². The number of carbonyl (C=O) groups excluding carboxylic acids is 2. The minimum atomic E-state index is -0.0955. The van der Waals surface area contributed by atoms with Gasteiger partial charge in [0.15, 0.2) is 5.69 Å². The number of piperazine rings is 1. The molecule has 0 aliphatic carbocycles. The zero-order valence-corrected chi connectivity index (χ0v) is 14.6. The molecule has 1 unspecified atom stereocenters. The number of nitrogens with zero attached hydrogens (tertiary/aromatic N) is 3. The molecule has 1 aromatic heterocycles. The van der Waals surface area contributed by atoms with Crippen LogP contribution in [-0.2, 0) is 4.74 Å². The fourth-order valence-corrected chi connectivity index (χ4v) is 3.51. The Bertz CT molecular complexity index is 791. The molecule has 1 atom stereocenters. The van der Waals surface area contributed by atoms with Crippen LogP contribution in [0.3, 0.4) is 0 Å². The van der Waals surface area contributed by atoms with Crippen LogP contribution >= 0.6 is 0 Å². The van der Waals surface area contributed by atoms with Gasteiger partial charge >= 0.3 is 6.03 Å². The van der Waals surface area contributed by atoms with E-state index in [1.54, 1.807) is 9.80 Å². The van der Waals surface area contributed by atoms with Gasteiger partial charge in [-0.2, -0.15) is 5.10 Å². The highest BCUT2D eigenvalue weighted by Crippen LogP contribution is 2.18. The number of urea groups is 1. The summed E-state index contributed by atoms with van der Waals surface area (Å²) >= 11 is 0. The lowest BCUT2D eigenvalue weighted by Crippen LogP contribution is -2.53. The van der Waals surface area contributed by atoms with Crippen LogP contribution in [-0.4, -0.2) is 77.4 Å². The molecule has 26 heavy (non-hydrogen) atoms. The number of H-pyrrole nitrogens is 1. The van der Waals surface area contributed by atoms with E-state index in [9.17, 15) is 9.59 Å². The van der Waals surface area contributed by atoms with Crippen LogP contribution in [0.2, 0.25) is 0 Å². The van der Waals surface area contributed by atoms with E-state index in [4.69, 9.17) is 4.74 Å². The van der Waals surface area contributed by atoms with Crippen molar-refractivity contribution in [2.45, 2.75) is 18.9 Å². The summed E-state index contributed by atoms with van der Waals surface area (Å²) in [7, 11) is 0. The average molecular weight is 357 g/mol.